The highest BCUT2D eigenvalue weighted by atomic mass is 16.5. The summed E-state index contributed by atoms with van der Waals surface area (Å²) >= 11 is 0. The number of imidazole rings is 1. The van der Waals surface area contributed by atoms with E-state index in [1.807, 2.05) is 18.5 Å². The van der Waals surface area contributed by atoms with Gasteiger partial charge in [0, 0.05) is 31.3 Å². The Hall–Kier alpha value is -1.81. The van der Waals surface area contributed by atoms with Crippen molar-refractivity contribution in [3.05, 3.63) is 48.0 Å². The lowest BCUT2D eigenvalue weighted by molar-refractivity contribution is 0.258. The van der Waals surface area contributed by atoms with Gasteiger partial charge < -0.3 is 15.0 Å². The molecule has 2 heterocycles. The number of rotatable bonds is 4. The Morgan fingerprint density at radius 1 is 1.37 bits per heavy atom. The molecule has 0 saturated carbocycles. The van der Waals surface area contributed by atoms with Crippen molar-refractivity contribution < 1.29 is 4.74 Å². The van der Waals surface area contributed by atoms with E-state index < -0.39 is 0 Å². The van der Waals surface area contributed by atoms with E-state index in [0.29, 0.717) is 12.5 Å². The summed E-state index contributed by atoms with van der Waals surface area (Å²) in [5, 5.41) is 0. The van der Waals surface area contributed by atoms with Gasteiger partial charge in [-0.1, -0.05) is 18.2 Å². The lowest BCUT2D eigenvalue weighted by atomic mass is 9.93. The maximum absolute atomic E-state index is 5.71. The lowest BCUT2D eigenvalue weighted by Gasteiger charge is -2.26. The van der Waals surface area contributed by atoms with Crippen LogP contribution in [0.15, 0.2) is 36.7 Å². The zero-order chi connectivity index (χ0) is 13.1. The largest absolute Gasteiger partial charge is 0.493 e. The minimum atomic E-state index is 0.496. The van der Waals surface area contributed by atoms with Crippen LogP contribution >= 0.6 is 0 Å². The number of nitrogens with zero attached hydrogens (tertiary/aromatic N) is 2. The smallest absolute Gasteiger partial charge is 0.122 e. The van der Waals surface area contributed by atoms with Crippen LogP contribution in [0.4, 0.5) is 0 Å². The Morgan fingerprint density at radius 3 is 3.16 bits per heavy atom. The van der Waals surface area contributed by atoms with Gasteiger partial charge in [-0.2, -0.15) is 0 Å². The van der Waals surface area contributed by atoms with E-state index in [1.54, 1.807) is 0 Å². The molecule has 1 unspecified atom stereocenters. The van der Waals surface area contributed by atoms with Crippen molar-refractivity contribution in [1.82, 2.24) is 9.55 Å². The van der Waals surface area contributed by atoms with Gasteiger partial charge in [-0.3, -0.25) is 0 Å². The molecule has 100 valence electrons. The molecule has 19 heavy (non-hydrogen) atoms. The molecule has 3 rings (SSSR count). The van der Waals surface area contributed by atoms with E-state index in [2.05, 4.69) is 27.8 Å². The molecule has 1 aromatic carbocycles. The minimum Gasteiger partial charge on any atom is -0.493 e. The first-order valence-electron chi connectivity index (χ1n) is 6.80. The highest BCUT2D eigenvalue weighted by molar-refractivity contribution is 5.37. The predicted octanol–water partition coefficient (Wildman–Crippen LogP) is 1.95. The van der Waals surface area contributed by atoms with Crippen molar-refractivity contribution in [2.24, 2.45) is 5.73 Å². The van der Waals surface area contributed by atoms with Crippen molar-refractivity contribution in [2.45, 2.75) is 25.3 Å². The molecule has 1 aliphatic heterocycles. The summed E-state index contributed by atoms with van der Waals surface area (Å²) in [5.74, 6) is 2.60. The van der Waals surface area contributed by atoms with Crippen LogP contribution in [0.3, 0.4) is 0 Å². The summed E-state index contributed by atoms with van der Waals surface area (Å²) in [5.41, 5.74) is 6.93. The molecule has 4 nitrogen and oxygen atoms in total. The molecule has 0 aliphatic carbocycles. The zero-order valence-corrected chi connectivity index (χ0v) is 11.0. The van der Waals surface area contributed by atoms with Gasteiger partial charge in [0.25, 0.3) is 0 Å². The Bertz CT molecular complexity index is 550. The maximum Gasteiger partial charge on any atom is 0.122 e. The maximum atomic E-state index is 5.71. The molecule has 1 aromatic heterocycles. The van der Waals surface area contributed by atoms with E-state index in [0.717, 1.165) is 37.6 Å². The quantitative estimate of drug-likeness (QED) is 0.910. The molecule has 0 radical (unpaired) electrons. The summed E-state index contributed by atoms with van der Waals surface area (Å²) in [6, 6.07) is 8.32. The monoisotopic (exact) mass is 257 g/mol. The summed E-state index contributed by atoms with van der Waals surface area (Å²) in [6.45, 7) is 2.39. The molecule has 0 saturated heterocycles. The van der Waals surface area contributed by atoms with E-state index >= 15 is 0 Å². The molecule has 0 fully saturated rings. The van der Waals surface area contributed by atoms with E-state index in [4.69, 9.17) is 10.5 Å². The number of fused-ring (bicyclic) bond motifs is 1. The standard InChI is InChI=1S/C15H19N3O/c16-7-5-15-17-8-9-18(15)11-12-6-10-19-14-4-2-1-3-13(12)14/h1-4,8-9,12H,5-7,10-11,16H2. The second-order valence-electron chi connectivity index (χ2n) is 4.91. The number of aromatic nitrogens is 2. The van der Waals surface area contributed by atoms with Crippen molar-refractivity contribution in [2.75, 3.05) is 13.2 Å². The van der Waals surface area contributed by atoms with Crippen LogP contribution in [-0.4, -0.2) is 22.7 Å². The fourth-order valence-electron chi connectivity index (χ4n) is 2.71. The van der Waals surface area contributed by atoms with Gasteiger partial charge in [-0.15, -0.1) is 0 Å². The number of hydrogen-bond acceptors (Lipinski definition) is 3. The van der Waals surface area contributed by atoms with Crippen molar-refractivity contribution in [3.63, 3.8) is 0 Å². The van der Waals surface area contributed by atoms with Crippen molar-refractivity contribution >= 4 is 0 Å². The van der Waals surface area contributed by atoms with Gasteiger partial charge in [-0.05, 0) is 24.6 Å². The van der Waals surface area contributed by atoms with Gasteiger partial charge in [0.15, 0.2) is 0 Å². The van der Waals surface area contributed by atoms with Gasteiger partial charge in [0.1, 0.15) is 11.6 Å². The number of ether oxygens (including phenoxy) is 1. The predicted molar refractivity (Wildman–Crippen MR) is 74.3 cm³/mol. The molecular formula is C15H19N3O. The lowest BCUT2D eigenvalue weighted by Crippen LogP contribution is -2.20. The first kappa shape index (κ1) is 12.2. The average molecular weight is 257 g/mol. The molecule has 0 bridgehead atoms. The van der Waals surface area contributed by atoms with Crippen LogP contribution in [0, 0.1) is 0 Å². The van der Waals surface area contributed by atoms with Crippen LogP contribution in [0.25, 0.3) is 0 Å². The fraction of sp³-hybridized carbons (Fsp3) is 0.400. The van der Waals surface area contributed by atoms with Crippen LogP contribution in [0.1, 0.15) is 23.7 Å². The summed E-state index contributed by atoms with van der Waals surface area (Å²) < 4.78 is 7.93. The second kappa shape index (κ2) is 5.45. The molecule has 2 N–H and O–H groups in total. The normalized spacial score (nSPS) is 17.8. The topological polar surface area (TPSA) is 53.1 Å². The molecule has 1 aliphatic rings. The Labute approximate surface area is 113 Å². The van der Waals surface area contributed by atoms with E-state index in [9.17, 15) is 0 Å². The van der Waals surface area contributed by atoms with Gasteiger partial charge in [0.2, 0.25) is 0 Å². The Balaban J connectivity index is 1.82. The number of benzene rings is 1. The molecular weight excluding hydrogens is 238 g/mol. The van der Waals surface area contributed by atoms with Crippen LogP contribution in [0.5, 0.6) is 5.75 Å². The average Bonchev–Trinajstić information content (AvgIpc) is 2.87. The minimum absolute atomic E-state index is 0.496. The third-order valence-corrected chi connectivity index (χ3v) is 3.67. The summed E-state index contributed by atoms with van der Waals surface area (Å²) in [6.07, 6.45) is 5.79. The fourth-order valence-corrected chi connectivity index (χ4v) is 2.71. The van der Waals surface area contributed by atoms with Gasteiger partial charge >= 0.3 is 0 Å². The zero-order valence-electron chi connectivity index (χ0n) is 11.0. The SMILES string of the molecule is NCCc1nccn1CC1CCOc2ccccc21. The number of para-hydroxylation sites is 1. The van der Waals surface area contributed by atoms with E-state index in [-0.39, 0.29) is 0 Å². The highest BCUT2D eigenvalue weighted by Crippen LogP contribution is 2.34. The van der Waals surface area contributed by atoms with Gasteiger partial charge in [-0.25, -0.2) is 4.98 Å². The Kier molecular flexibility index (Phi) is 3.51. The first-order chi connectivity index (χ1) is 9.38. The van der Waals surface area contributed by atoms with E-state index in [1.165, 1.54) is 5.56 Å². The molecule has 4 heteroatoms. The summed E-state index contributed by atoms with van der Waals surface area (Å²) in [7, 11) is 0. The van der Waals surface area contributed by atoms with Gasteiger partial charge in [0.05, 0.1) is 6.61 Å². The van der Waals surface area contributed by atoms with Crippen molar-refractivity contribution in [1.29, 1.82) is 0 Å². The number of nitrogens with two attached hydrogens (primary N) is 1. The molecule has 0 spiro atoms. The van der Waals surface area contributed by atoms with Crippen molar-refractivity contribution in [3.8, 4) is 5.75 Å². The number of hydrogen-bond donors (Lipinski definition) is 1. The highest BCUT2D eigenvalue weighted by Gasteiger charge is 2.21. The summed E-state index contributed by atoms with van der Waals surface area (Å²) in [4.78, 5) is 4.38. The second-order valence-corrected chi connectivity index (χ2v) is 4.91. The van der Waals surface area contributed by atoms with Crippen LogP contribution < -0.4 is 10.5 Å². The Morgan fingerprint density at radius 2 is 2.26 bits per heavy atom. The third kappa shape index (κ3) is 2.49. The molecule has 0 amide bonds. The first-order valence-corrected chi connectivity index (χ1v) is 6.80. The third-order valence-electron chi connectivity index (χ3n) is 3.67. The molecule has 1 atom stereocenters. The van der Waals surface area contributed by atoms with Crippen LogP contribution in [0.2, 0.25) is 0 Å². The van der Waals surface area contributed by atoms with Crippen LogP contribution in [-0.2, 0) is 13.0 Å². The molecule has 2 aromatic rings.